The molecule has 144 valence electrons. The molecule has 6 atom stereocenters. The van der Waals surface area contributed by atoms with Crippen molar-refractivity contribution < 1.29 is 0 Å². The van der Waals surface area contributed by atoms with Crippen LogP contribution in [0.1, 0.15) is 65.2 Å². The predicted molar refractivity (Wildman–Crippen MR) is 104 cm³/mol. The minimum absolute atomic E-state index is 0.0532. The van der Waals surface area contributed by atoms with Crippen LogP contribution >= 0.6 is 0 Å². The van der Waals surface area contributed by atoms with E-state index in [-0.39, 0.29) is 6.17 Å². The van der Waals surface area contributed by atoms with E-state index in [0.717, 1.165) is 18.5 Å². The Bertz CT molecular complexity index is 547. The molecule has 4 rings (SSSR count). The quantitative estimate of drug-likeness (QED) is 0.677. The molecule has 5 heteroatoms. The molecule has 3 aliphatic heterocycles. The van der Waals surface area contributed by atoms with E-state index in [0.29, 0.717) is 36.3 Å². The van der Waals surface area contributed by atoms with E-state index < -0.39 is 0 Å². The number of fused-ring (bicyclic) bond motifs is 1. The van der Waals surface area contributed by atoms with E-state index in [1.165, 1.54) is 44.9 Å². The summed E-state index contributed by atoms with van der Waals surface area (Å²) in [6.45, 7) is 5.85. The second-order valence-electron chi connectivity index (χ2n) is 8.90. The third-order valence-electron chi connectivity index (χ3n) is 7.22. The van der Waals surface area contributed by atoms with Crippen LogP contribution in [0.15, 0.2) is 11.6 Å². The molecule has 0 aromatic rings. The molecule has 4 aliphatic rings. The largest absolute Gasteiger partial charge is 0.302 e. The van der Waals surface area contributed by atoms with Gasteiger partial charge >= 0.3 is 0 Å². The number of hydrogen-bond acceptors (Lipinski definition) is 5. The number of rotatable bonds is 3. The SMILES string of the molecule is CC1CC(/C=C(/C#N)C2NC3CCCCC3N2)C(C)N1C1CCCCN1. The summed E-state index contributed by atoms with van der Waals surface area (Å²) in [5.41, 5.74) is 0.905. The first kappa shape index (κ1) is 18.4. The number of nitriles is 1. The number of nitrogens with one attached hydrogen (secondary N) is 3. The first-order valence-corrected chi connectivity index (χ1v) is 10.8. The smallest absolute Gasteiger partial charge is 0.0974 e. The van der Waals surface area contributed by atoms with Gasteiger partial charge in [0.15, 0.2) is 0 Å². The van der Waals surface area contributed by atoms with Gasteiger partial charge in [0.05, 0.1) is 24.0 Å². The van der Waals surface area contributed by atoms with Crippen LogP contribution in [0, 0.1) is 17.2 Å². The maximum atomic E-state index is 9.82. The van der Waals surface area contributed by atoms with Gasteiger partial charge in [-0.25, -0.2) is 0 Å². The topological polar surface area (TPSA) is 63.1 Å². The molecule has 5 nitrogen and oxygen atoms in total. The second-order valence-corrected chi connectivity index (χ2v) is 8.90. The van der Waals surface area contributed by atoms with Gasteiger partial charge in [0.2, 0.25) is 0 Å². The van der Waals surface area contributed by atoms with Gasteiger partial charge in [0, 0.05) is 24.2 Å². The predicted octanol–water partition coefficient (Wildman–Crippen LogP) is 2.46. The van der Waals surface area contributed by atoms with E-state index in [1.54, 1.807) is 0 Å². The highest BCUT2D eigenvalue weighted by Gasteiger charge is 2.41. The van der Waals surface area contributed by atoms with Gasteiger partial charge in [-0.05, 0) is 64.8 Å². The van der Waals surface area contributed by atoms with Crippen molar-refractivity contribution in [1.29, 1.82) is 5.26 Å². The molecule has 0 spiro atoms. The molecule has 4 fully saturated rings. The van der Waals surface area contributed by atoms with Crippen molar-refractivity contribution in [3.63, 3.8) is 0 Å². The van der Waals surface area contributed by atoms with Crippen LogP contribution in [0.25, 0.3) is 0 Å². The molecule has 3 heterocycles. The summed E-state index contributed by atoms with van der Waals surface area (Å²) < 4.78 is 0. The van der Waals surface area contributed by atoms with Crippen LogP contribution in [0.3, 0.4) is 0 Å². The summed E-state index contributed by atoms with van der Waals surface area (Å²) in [5, 5.41) is 20.9. The van der Waals surface area contributed by atoms with E-state index in [4.69, 9.17) is 0 Å². The van der Waals surface area contributed by atoms with Crippen LogP contribution in [0.5, 0.6) is 0 Å². The standard InChI is InChI=1S/C21H35N5/c1-14-11-16(15(2)26(14)20-9-5-6-10-23-20)12-17(13-22)21-24-18-7-3-4-8-19(18)25-21/h12,14-16,18-21,23-25H,3-11H2,1-2H3/b17-12-. The summed E-state index contributed by atoms with van der Waals surface area (Å²) in [7, 11) is 0. The zero-order valence-corrected chi connectivity index (χ0v) is 16.4. The lowest BCUT2D eigenvalue weighted by Gasteiger charge is -2.38. The van der Waals surface area contributed by atoms with Crippen LogP contribution in [-0.4, -0.2) is 47.9 Å². The van der Waals surface area contributed by atoms with E-state index in [9.17, 15) is 5.26 Å². The summed E-state index contributed by atoms with van der Waals surface area (Å²) >= 11 is 0. The molecule has 3 N–H and O–H groups in total. The van der Waals surface area contributed by atoms with Crippen molar-refractivity contribution in [2.45, 2.75) is 102 Å². The van der Waals surface area contributed by atoms with Crippen molar-refractivity contribution >= 4 is 0 Å². The lowest BCUT2D eigenvalue weighted by Crippen LogP contribution is -2.52. The Morgan fingerprint density at radius 3 is 2.35 bits per heavy atom. The van der Waals surface area contributed by atoms with E-state index >= 15 is 0 Å². The third kappa shape index (κ3) is 3.57. The number of likely N-dealkylation sites (tertiary alicyclic amines) is 1. The highest BCUT2D eigenvalue weighted by atomic mass is 15.3. The minimum Gasteiger partial charge on any atom is -0.302 e. The van der Waals surface area contributed by atoms with Crippen LogP contribution in [-0.2, 0) is 0 Å². The van der Waals surface area contributed by atoms with Crippen molar-refractivity contribution in [2.75, 3.05) is 6.54 Å². The Labute approximate surface area is 158 Å². The van der Waals surface area contributed by atoms with Crippen molar-refractivity contribution in [3.8, 4) is 6.07 Å². The normalized spacial score (nSPS) is 44.7. The lowest BCUT2D eigenvalue weighted by atomic mass is 9.92. The minimum atomic E-state index is 0.0532. The number of nitrogens with zero attached hydrogens (tertiary/aromatic N) is 2. The van der Waals surface area contributed by atoms with Gasteiger partial charge in [-0.1, -0.05) is 18.9 Å². The molecule has 0 radical (unpaired) electrons. The van der Waals surface area contributed by atoms with Crippen LogP contribution < -0.4 is 16.0 Å². The Balaban J connectivity index is 1.45. The fourth-order valence-corrected chi connectivity index (χ4v) is 5.84. The Morgan fingerprint density at radius 2 is 1.73 bits per heavy atom. The van der Waals surface area contributed by atoms with Gasteiger partial charge in [0.25, 0.3) is 0 Å². The molecule has 6 unspecified atom stereocenters. The molecule has 0 amide bonds. The Morgan fingerprint density at radius 1 is 1.04 bits per heavy atom. The van der Waals surface area contributed by atoms with Crippen molar-refractivity contribution in [1.82, 2.24) is 20.9 Å². The Kier molecular flexibility index (Phi) is 5.66. The average molecular weight is 358 g/mol. The lowest BCUT2D eigenvalue weighted by molar-refractivity contribution is 0.0925. The van der Waals surface area contributed by atoms with Crippen LogP contribution in [0.2, 0.25) is 0 Å². The van der Waals surface area contributed by atoms with Gasteiger partial charge in [0.1, 0.15) is 0 Å². The fourth-order valence-electron chi connectivity index (χ4n) is 5.84. The summed E-state index contributed by atoms with van der Waals surface area (Å²) in [6, 6.07) is 4.68. The Hall–Kier alpha value is -0.930. The van der Waals surface area contributed by atoms with Gasteiger partial charge in [-0.2, -0.15) is 5.26 Å². The average Bonchev–Trinajstić information content (AvgIpc) is 3.21. The molecule has 26 heavy (non-hydrogen) atoms. The molecule has 1 saturated carbocycles. The maximum absolute atomic E-state index is 9.82. The zero-order chi connectivity index (χ0) is 18.1. The summed E-state index contributed by atoms with van der Waals surface area (Å²) in [6.07, 6.45) is 13.0. The molecule has 1 aliphatic carbocycles. The monoisotopic (exact) mass is 357 g/mol. The highest BCUT2D eigenvalue weighted by molar-refractivity contribution is 5.30. The van der Waals surface area contributed by atoms with Crippen molar-refractivity contribution in [2.24, 2.45) is 5.92 Å². The molecule has 0 bridgehead atoms. The first-order valence-electron chi connectivity index (χ1n) is 10.8. The first-order chi connectivity index (χ1) is 12.7. The molecule has 3 saturated heterocycles. The zero-order valence-electron chi connectivity index (χ0n) is 16.4. The summed E-state index contributed by atoms with van der Waals surface area (Å²) in [5.74, 6) is 0.467. The van der Waals surface area contributed by atoms with E-state index in [1.807, 2.05) is 0 Å². The van der Waals surface area contributed by atoms with Gasteiger partial charge < -0.3 is 5.32 Å². The fraction of sp³-hybridized carbons (Fsp3) is 0.857. The summed E-state index contributed by atoms with van der Waals surface area (Å²) in [4.78, 5) is 2.67. The third-order valence-corrected chi connectivity index (χ3v) is 7.22. The second kappa shape index (κ2) is 7.98. The molecule has 0 aromatic carbocycles. The van der Waals surface area contributed by atoms with Gasteiger partial charge in [-0.15, -0.1) is 0 Å². The molecule has 0 aromatic heterocycles. The maximum Gasteiger partial charge on any atom is 0.0974 e. The van der Waals surface area contributed by atoms with E-state index in [2.05, 4.69) is 46.8 Å². The molecular formula is C21H35N5. The van der Waals surface area contributed by atoms with Crippen LogP contribution in [0.4, 0.5) is 0 Å². The van der Waals surface area contributed by atoms with Gasteiger partial charge in [-0.3, -0.25) is 15.5 Å². The number of piperidine rings is 1. The highest BCUT2D eigenvalue weighted by Crippen LogP contribution is 2.35. The molecular weight excluding hydrogens is 322 g/mol. The van der Waals surface area contributed by atoms with Crippen molar-refractivity contribution in [3.05, 3.63) is 11.6 Å². The number of hydrogen-bond donors (Lipinski definition) is 3.